The van der Waals surface area contributed by atoms with E-state index in [9.17, 15) is 9.90 Å². The van der Waals surface area contributed by atoms with Gasteiger partial charge in [0.2, 0.25) is 0 Å². The Balaban J connectivity index is 2.06. The van der Waals surface area contributed by atoms with Crippen molar-refractivity contribution in [3.63, 3.8) is 0 Å². The molecule has 5 nitrogen and oxygen atoms in total. The number of hydrogen-bond acceptors (Lipinski definition) is 3. The van der Waals surface area contributed by atoms with E-state index >= 15 is 4.39 Å². The molecule has 4 aromatic rings. The number of carbonyl (C=O) groups is 1. The summed E-state index contributed by atoms with van der Waals surface area (Å²) in [6.07, 6.45) is 0.173. The van der Waals surface area contributed by atoms with Crippen molar-refractivity contribution < 1.29 is 19.0 Å². The molecule has 3 aromatic carbocycles. The van der Waals surface area contributed by atoms with Gasteiger partial charge in [-0.25, -0.2) is 13.9 Å². The van der Waals surface area contributed by atoms with Crippen LogP contribution in [0.15, 0.2) is 60.7 Å². The van der Waals surface area contributed by atoms with Gasteiger partial charge in [0.1, 0.15) is 17.3 Å². The summed E-state index contributed by atoms with van der Waals surface area (Å²) in [4.78, 5) is 12.6. The van der Waals surface area contributed by atoms with E-state index in [1.165, 1.54) is 6.07 Å². The number of carboxylic acids is 1. The van der Waals surface area contributed by atoms with E-state index in [0.29, 0.717) is 33.3 Å². The van der Waals surface area contributed by atoms with E-state index in [0.717, 1.165) is 11.1 Å². The Labute approximate surface area is 225 Å². The third-order valence-corrected chi connectivity index (χ3v) is 6.96. The molecule has 1 atom stereocenters. The van der Waals surface area contributed by atoms with Gasteiger partial charge in [-0.2, -0.15) is 5.10 Å². The Morgan fingerprint density at radius 1 is 1.11 bits per heavy atom. The minimum absolute atomic E-state index is 0.0105. The minimum atomic E-state index is -1.17. The van der Waals surface area contributed by atoms with E-state index in [4.69, 9.17) is 27.9 Å². The van der Waals surface area contributed by atoms with Gasteiger partial charge in [0.05, 0.1) is 17.8 Å². The highest BCUT2D eigenvalue weighted by Crippen LogP contribution is 2.41. The van der Waals surface area contributed by atoms with Gasteiger partial charge in [-0.15, -0.1) is 0 Å². The Morgan fingerprint density at radius 2 is 1.84 bits per heavy atom. The number of benzene rings is 3. The molecule has 0 amide bonds. The zero-order valence-electron chi connectivity index (χ0n) is 20.9. The van der Waals surface area contributed by atoms with Crippen LogP contribution in [0.25, 0.3) is 5.69 Å². The van der Waals surface area contributed by atoms with Crippen molar-refractivity contribution in [2.45, 2.75) is 39.0 Å². The second kappa shape index (κ2) is 11.0. The van der Waals surface area contributed by atoms with Gasteiger partial charge in [0.15, 0.2) is 5.69 Å². The lowest BCUT2D eigenvalue weighted by atomic mass is 9.81. The zero-order valence-corrected chi connectivity index (χ0v) is 22.4. The molecule has 0 fully saturated rings. The third-order valence-electron chi connectivity index (χ3n) is 6.43. The molecule has 8 heteroatoms. The highest BCUT2D eigenvalue weighted by atomic mass is 35.5. The number of carboxylic acid groups (broad SMARTS) is 1. The van der Waals surface area contributed by atoms with Crippen LogP contribution in [0.3, 0.4) is 0 Å². The molecule has 0 aliphatic carbocycles. The standard InChI is InChI=1S/C29H27Cl2FN2O3/c1-16(2)28-25(27(29(35)36)33-34(28)23-10-5-6-11-24(23)37-4)21(20-13-12-19(30)14-17(20)3)15-18-8-7-9-22(31)26(18)32/h5-14,16,21H,15H2,1-4H3,(H,35,36). The van der Waals surface area contributed by atoms with Gasteiger partial charge >= 0.3 is 5.97 Å². The lowest BCUT2D eigenvalue weighted by Crippen LogP contribution is -2.15. The van der Waals surface area contributed by atoms with Crippen molar-refractivity contribution in [1.29, 1.82) is 0 Å². The first-order chi connectivity index (χ1) is 17.6. The first-order valence-electron chi connectivity index (χ1n) is 11.8. The number of halogens is 3. The molecule has 1 N–H and O–H groups in total. The van der Waals surface area contributed by atoms with Crippen molar-refractivity contribution in [1.82, 2.24) is 9.78 Å². The number of aryl methyl sites for hydroxylation is 1. The first-order valence-corrected chi connectivity index (χ1v) is 12.6. The Hall–Kier alpha value is -3.35. The molecule has 0 radical (unpaired) electrons. The van der Waals surface area contributed by atoms with Crippen molar-refractivity contribution >= 4 is 29.2 Å². The Morgan fingerprint density at radius 3 is 2.49 bits per heavy atom. The molecule has 0 aliphatic rings. The van der Waals surface area contributed by atoms with Crippen molar-refractivity contribution in [3.8, 4) is 11.4 Å². The molecule has 1 unspecified atom stereocenters. The molecular weight excluding hydrogens is 514 g/mol. The summed E-state index contributed by atoms with van der Waals surface area (Å²) >= 11 is 12.4. The lowest BCUT2D eigenvalue weighted by molar-refractivity contribution is 0.0688. The summed E-state index contributed by atoms with van der Waals surface area (Å²) in [6, 6.07) is 17.6. The fraction of sp³-hybridized carbons (Fsp3) is 0.241. The van der Waals surface area contributed by atoms with Crippen LogP contribution in [0.2, 0.25) is 10.0 Å². The smallest absolute Gasteiger partial charge is 0.356 e. The molecule has 192 valence electrons. The van der Waals surface area contributed by atoms with Crippen LogP contribution >= 0.6 is 23.2 Å². The van der Waals surface area contributed by atoms with Crippen molar-refractivity contribution in [2.24, 2.45) is 0 Å². The Bertz CT molecular complexity index is 1470. The van der Waals surface area contributed by atoms with Crippen LogP contribution in [0, 0.1) is 12.7 Å². The molecule has 4 rings (SSSR count). The fourth-order valence-electron chi connectivity index (χ4n) is 4.81. The predicted molar refractivity (Wildman–Crippen MR) is 144 cm³/mol. The minimum Gasteiger partial charge on any atom is -0.494 e. The van der Waals surface area contributed by atoms with Crippen LogP contribution in [0.4, 0.5) is 4.39 Å². The Kier molecular flexibility index (Phi) is 7.90. The van der Waals surface area contributed by atoms with Gasteiger partial charge in [0, 0.05) is 16.5 Å². The maximum Gasteiger partial charge on any atom is 0.356 e. The molecule has 0 bridgehead atoms. The van der Waals surface area contributed by atoms with E-state index < -0.39 is 17.7 Å². The maximum atomic E-state index is 15.1. The molecule has 0 aliphatic heterocycles. The molecule has 37 heavy (non-hydrogen) atoms. The van der Waals surface area contributed by atoms with Crippen LogP contribution in [0.5, 0.6) is 5.75 Å². The van der Waals surface area contributed by atoms with E-state index in [2.05, 4.69) is 5.10 Å². The maximum absolute atomic E-state index is 15.1. The van der Waals surface area contributed by atoms with Crippen molar-refractivity contribution in [3.05, 3.63) is 110 Å². The zero-order chi connectivity index (χ0) is 26.9. The number of rotatable bonds is 8. The normalized spacial score (nSPS) is 12.1. The second-order valence-electron chi connectivity index (χ2n) is 9.16. The third kappa shape index (κ3) is 5.22. The SMILES string of the molecule is COc1ccccc1-n1nc(C(=O)O)c(C(Cc2cccc(Cl)c2F)c2ccc(Cl)cc2C)c1C(C)C. The largest absolute Gasteiger partial charge is 0.494 e. The molecule has 1 aromatic heterocycles. The predicted octanol–water partition coefficient (Wildman–Crippen LogP) is 7.83. The first kappa shape index (κ1) is 26.7. The van der Waals surface area contributed by atoms with Gasteiger partial charge in [-0.05, 0) is 66.3 Å². The summed E-state index contributed by atoms with van der Waals surface area (Å²) in [5.74, 6) is -1.82. The number of ether oxygens (including phenoxy) is 1. The quantitative estimate of drug-likeness (QED) is 0.247. The number of nitrogens with zero attached hydrogens (tertiary/aromatic N) is 2. The highest BCUT2D eigenvalue weighted by Gasteiger charge is 2.33. The number of aromatic nitrogens is 2. The van der Waals surface area contributed by atoms with Crippen LogP contribution in [-0.2, 0) is 6.42 Å². The van der Waals surface area contributed by atoms with Gasteiger partial charge in [-0.3, -0.25) is 0 Å². The van der Waals surface area contributed by atoms with Gasteiger partial charge in [-0.1, -0.05) is 67.4 Å². The second-order valence-corrected chi connectivity index (χ2v) is 10.0. The lowest BCUT2D eigenvalue weighted by Gasteiger charge is -2.24. The topological polar surface area (TPSA) is 64.4 Å². The average Bonchev–Trinajstić information content (AvgIpc) is 3.26. The summed E-state index contributed by atoms with van der Waals surface area (Å²) in [7, 11) is 1.55. The van der Waals surface area contributed by atoms with E-state index in [-0.39, 0.29) is 23.1 Å². The molecule has 0 spiro atoms. The van der Waals surface area contributed by atoms with Crippen LogP contribution in [-0.4, -0.2) is 28.0 Å². The number of para-hydroxylation sites is 2. The van der Waals surface area contributed by atoms with Crippen LogP contribution in [0.1, 0.15) is 64.1 Å². The van der Waals surface area contributed by atoms with E-state index in [1.807, 2.05) is 51.1 Å². The van der Waals surface area contributed by atoms with E-state index in [1.54, 1.807) is 36.1 Å². The molecule has 0 saturated carbocycles. The summed E-state index contributed by atoms with van der Waals surface area (Å²) < 4.78 is 22.3. The highest BCUT2D eigenvalue weighted by molar-refractivity contribution is 6.31. The monoisotopic (exact) mass is 540 g/mol. The average molecular weight is 541 g/mol. The summed E-state index contributed by atoms with van der Waals surface area (Å²) in [5, 5.41) is 15.5. The van der Waals surface area contributed by atoms with Gasteiger partial charge < -0.3 is 9.84 Å². The fourth-order valence-corrected chi connectivity index (χ4v) is 5.23. The number of hydrogen-bond donors (Lipinski definition) is 1. The van der Waals surface area contributed by atoms with Crippen LogP contribution < -0.4 is 4.74 Å². The summed E-state index contributed by atoms with van der Waals surface area (Å²) in [5.41, 5.74) is 3.79. The molecule has 0 saturated heterocycles. The molecule has 1 heterocycles. The van der Waals surface area contributed by atoms with Gasteiger partial charge in [0.25, 0.3) is 0 Å². The summed E-state index contributed by atoms with van der Waals surface area (Å²) in [6.45, 7) is 5.86. The van der Waals surface area contributed by atoms with Crippen molar-refractivity contribution in [2.75, 3.05) is 7.11 Å². The molecular formula is C29H27Cl2FN2O3. The number of methoxy groups -OCH3 is 1. The number of aromatic carboxylic acids is 1.